The van der Waals surface area contributed by atoms with E-state index in [0.717, 1.165) is 31.6 Å². The molecule has 2 saturated carbocycles. The summed E-state index contributed by atoms with van der Waals surface area (Å²) in [5.74, 6) is 0.773. The van der Waals surface area contributed by atoms with Crippen LogP contribution in [0, 0.1) is 22.2 Å². The van der Waals surface area contributed by atoms with Crippen LogP contribution in [-0.4, -0.2) is 17.3 Å². The fourth-order valence-corrected chi connectivity index (χ4v) is 4.24. The van der Waals surface area contributed by atoms with Crippen molar-refractivity contribution in [2.45, 2.75) is 78.7 Å². The Hall–Kier alpha value is -0.0800. The van der Waals surface area contributed by atoms with Crippen molar-refractivity contribution in [2.24, 2.45) is 27.9 Å². The van der Waals surface area contributed by atoms with Crippen molar-refractivity contribution in [3.05, 3.63) is 0 Å². The van der Waals surface area contributed by atoms with Gasteiger partial charge >= 0.3 is 0 Å². The minimum absolute atomic E-state index is 0.0556. The molecule has 2 nitrogen and oxygen atoms in total. The highest BCUT2D eigenvalue weighted by Crippen LogP contribution is 2.63. The Morgan fingerprint density at radius 2 is 1.53 bits per heavy atom. The van der Waals surface area contributed by atoms with E-state index in [1.54, 1.807) is 0 Å². The molecule has 1 atom stereocenters. The Kier molecular flexibility index (Phi) is 3.59. The van der Waals surface area contributed by atoms with Crippen molar-refractivity contribution < 1.29 is 5.11 Å². The van der Waals surface area contributed by atoms with Crippen LogP contribution >= 0.6 is 0 Å². The maximum atomic E-state index is 11.2. The van der Waals surface area contributed by atoms with E-state index in [4.69, 9.17) is 5.73 Å². The molecule has 0 aromatic carbocycles. The van der Waals surface area contributed by atoms with Gasteiger partial charge in [0.1, 0.15) is 0 Å². The Labute approximate surface area is 119 Å². The van der Waals surface area contributed by atoms with Gasteiger partial charge in [-0.15, -0.1) is 0 Å². The van der Waals surface area contributed by atoms with Gasteiger partial charge in [0.2, 0.25) is 0 Å². The van der Waals surface area contributed by atoms with E-state index in [0.29, 0.717) is 12.0 Å². The van der Waals surface area contributed by atoms with Gasteiger partial charge in [0, 0.05) is 12.0 Å². The minimum atomic E-state index is -0.600. The average molecular weight is 267 g/mol. The zero-order chi connectivity index (χ0) is 14.5. The molecule has 0 amide bonds. The normalized spacial score (nSPS) is 37.7. The number of rotatable bonds is 3. The van der Waals surface area contributed by atoms with Crippen LogP contribution in [-0.2, 0) is 0 Å². The average Bonchev–Trinajstić information content (AvgIpc) is 3.07. The molecule has 0 radical (unpaired) electrons. The van der Waals surface area contributed by atoms with Crippen molar-refractivity contribution in [1.82, 2.24) is 0 Å². The van der Waals surface area contributed by atoms with E-state index in [2.05, 4.69) is 34.6 Å². The first kappa shape index (κ1) is 15.3. The molecule has 0 aromatic heterocycles. The highest BCUT2D eigenvalue weighted by atomic mass is 16.3. The van der Waals surface area contributed by atoms with E-state index in [9.17, 15) is 5.11 Å². The van der Waals surface area contributed by atoms with E-state index < -0.39 is 5.60 Å². The van der Waals surface area contributed by atoms with Gasteiger partial charge in [-0.3, -0.25) is 0 Å². The highest BCUT2D eigenvalue weighted by Gasteiger charge is 2.62. The van der Waals surface area contributed by atoms with Crippen molar-refractivity contribution in [1.29, 1.82) is 0 Å². The largest absolute Gasteiger partial charge is 0.389 e. The second-order valence-electron chi connectivity index (χ2n) is 8.76. The molecule has 112 valence electrons. The Morgan fingerprint density at radius 3 is 1.84 bits per heavy atom. The summed E-state index contributed by atoms with van der Waals surface area (Å²) in [5.41, 5.74) is 5.99. The van der Waals surface area contributed by atoms with Crippen LogP contribution in [0.3, 0.4) is 0 Å². The third-order valence-electron chi connectivity index (χ3n) is 6.77. The third-order valence-corrected chi connectivity index (χ3v) is 6.77. The zero-order valence-electron chi connectivity index (χ0n) is 13.6. The van der Waals surface area contributed by atoms with Crippen LogP contribution in [0.2, 0.25) is 0 Å². The van der Waals surface area contributed by atoms with Crippen molar-refractivity contribution in [2.75, 3.05) is 6.54 Å². The molecule has 0 bridgehead atoms. The van der Waals surface area contributed by atoms with Gasteiger partial charge in [-0.1, -0.05) is 27.7 Å². The molecule has 3 N–H and O–H groups in total. The summed E-state index contributed by atoms with van der Waals surface area (Å²) >= 11 is 0. The topological polar surface area (TPSA) is 46.2 Å². The Balaban J connectivity index is 2.14. The first-order chi connectivity index (χ1) is 8.58. The minimum Gasteiger partial charge on any atom is -0.389 e. The van der Waals surface area contributed by atoms with Crippen LogP contribution in [0.4, 0.5) is 0 Å². The van der Waals surface area contributed by atoms with Gasteiger partial charge in [-0.25, -0.2) is 0 Å². The SMILES string of the molecule is CC(C)(C)C1CCC(CN)(C(C)(O)C2(C)CC2)CC1. The van der Waals surface area contributed by atoms with Crippen LogP contribution in [0.15, 0.2) is 0 Å². The fraction of sp³-hybridized carbons (Fsp3) is 1.00. The lowest BCUT2D eigenvalue weighted by molar-refractivity contribution is -0.140. The molecule has 0 spiro atoms. The molecular weight excluding hydrogens is 234 g/mol. The quantitative estimate of drug-likeness (QED) is 0.818. The molecule has 2 heteroatoms. The lowest BCUT2D eigenvalue weighted by atomic mass is 9.55. The molecule has 0 aliphatic heterocycles. The molecule has 2 rings (SSSR count). The third kappa shape index (κ3) is 2.35. The second-order valence-corrected chi connectivity index (χ2v) is 8.76. The number of hydrogen-bond acceptors (Lipinski definition) is 2. The summed E-state index contributed by atoms with van der Waals surface area (Å²) in [4.78, 5) is 0. The summed E-state index contributed by atoms with van der Waals surface area (Å²) in [6, 6.07) is 0. The molecular formula is C17H33NO. The van der Waals surface area contributed by atoms with Gasteiger partial charge in [0.15, 0.2) is 0 Å². The summed E-state index contributed by atoms with van der Waals surface area (Å²) < 4.78 is 0. The molecule has 0 aromatic rings. The van der Waals surface area contributed by atoms with Crippen LogP contribution in [0.25, 0.3) is 0 Å². The lowest BCUT2D eigenvalue weighted by Gasteiger charge is -2.53. The lowest BCUT2D eigenvalue weighted by Crippen LogP contribution is -2.57. The molecule has 0 saturated heterocycles. The van der Waals surface area contributed by atoms with Crippen LogP contribution in [0.1, 0.15) is 73.1 Å². The van der Waals surface area contributed by atoms with Gasteiger partial charge in [-0.05, 0) is 62.2 Å². The van der Waals surface area contributed by atoms with Gasteiger partial charge in [0.05, 0.1) is 5.60 Å². The summed E-state index contributed by atoms with van der Waals surface area (Å²) in [6.45, 7) is 11.9. The molecule has 2 aliphatic rings. The number of hydrogen-bond donors (Lipinski definition) is 2. The monoisotopic (exact) mass is 267 g/mol. The standard InChI is InChI=1S/C17H33NO/c1-14(2,3)13-6-8-17(12-18,9-7-13)16(5,19)15(4)10-11-15/h13,19H,6-12,18H2,1-5H3. The Bertz CT molecular complexity index is 328. The van der Waals surface area contributed by atoms with Crippen molar-refractivity contribution in [3.63, 3.8) is 0 Å². The number of nitrogens with two attached hydrogens (primary N) is 1. The fourth-order valence-electron chi connectivity index (χ4n) is 4.24. The van der Waals surface area contributed by atoms with Crippen molar-refractivity contribution in [3.8, 4) is 0 Å². The zero-order valence-corrected chi connectivity index (χ0v) is 13.6. The predicted octanol–water partition coefficient (Wildman–Crippen LogP) is 3.72. The summed E-state index contributed by atoms with van der Waals surface area (Å²) in [5, 5.41) is 11.2. The highest BCUT2D eigenvalue weighted by molar-refractivity contribution is 5.13. The summed E-state index contributed by atoms with van der Waals surface area (Å²) in [6.07, 6.45) is 6.93. The molecule has 2 fully saturated rings. The molecule has 1 unspecified atom stereocenters. The van der Waals surface area contributed by atoms with E-state index in [1.807, 2.05) is 0 Å². The first-order valence-corrected chi connectivity index (χ1v) is 8.00. The maximum Gasteiger partial charge on any atom is 0.0741 e. The van der Waals surface area contributed by atoms with Crippen LogP contribution in [0.5, 0.6) is 0 Å². The van der Waals surface area contributed by atoms with E-state index >= 15 is 0 Å². The van der Waals surface area contributed by atoms with Gasteiger partial charge < -0.3 is 10.8 Å². The molecule has 0 heterocycles. The van der Waals surface area contributed by atoms with E-state index in [1.165, 1.54) is 12.8 Å². The van der Waals surface area contributed by atoms with Gasteiger partial charge in [0.25, 0.3) is 0 Å². The first-order valence-electron chi connectivity index (χ1n) is 8.00. The molecule has 19 heavy (non-hydrogen) atoms. The number of aliphatic hydroxyl groups is 1. The van der Waals surface area contributed by atoms with Crippen LogP contribution < -0.4 is 5.73 Å². The van der Waals surface area contributed by atoms with Gasteiger partial charge in [-0.2, -0.15) is 0 Å². The second kappa shape index (κ2) is 4.46. The maximum absolute atomic E-state index is 11.2. The van der Waals surface area contributed by atoms with Crippen molar-refractivity contribution >= 4 is 0 Å². The smallest absolute Gasteiger partial charge is 0.0741 e. The Morgan fingerprint density at radius 1 is 1.05 bits per heavy atom. The molecule has 2 aliphatic carbocycles. The predicted molar refractivity (Wildman–Crippen MR) is 80.9 cm³/mol. The van der Waals surface area contributed by atoms with E-state index in [-0.39, 0.29) is 10.8 Å². The summed E-state index contributed by atoms with van der Waals surface area (Å²) in [7, 11) is 0.